The van der Waals surface area contributed by atoms with E-state index in [9.17, 15) is 10.1 Å². The van der Waals surface area contributed by atoms with Gasteiger partial charge in [0.15, 0.2) is 0 Å². The summed E-state index contributed by atoms with van der Waals surface area (Å²) < 4.78 is 0. The molecule has 1 N–H and O–H groups in total. The van der Waals surface area contributed by atoms with Gasteiger partial charge >= 0.3 is 0 Å². The van der Waals surface area contributed by atoms with Crippen molar-refractivity contribution in [2.45, 2.75) is 0 Å². The van der Waals surface area contributed by atoms with E-state index in [0.717, 1.165) is 0 Å². The molecule has 0 amide bonds. The van der Waals surface area contributed by atoms with Crippen molar-refractivity contribution >= 4 is 11.6 Å². The van der Waals surface area contributed by atoms with Crippen molar-refractivity contribution in [3.8, 4) is 28.6 Å². The molecule has 3 rings (SSSR count). The minimum absolute atomic E-state index is 0.0574. The van der Waals surface area contributed by atoms with E-state index in [4.69, 9.17) is 11.6 Å². The molecule has 0 unspecified atom stereocenters. The molecule has 0 aliphatic heterocycles. The largest absolute Gasteiger partial charge is 0.319 e. The molecular formula is C17H10ClN3O. The number of aromatic amines is 1. The van der Waals surface area contributed by atoms with Crippen LogP contribution in [-0.4, -0.2) is 9.97 Å². The number of rotatable bonds is 2. The first-order valence-corrected chi connectivity index (χ1v) is 6.91. The predicted molar refractivity (Wildman–Crippen MR) is 85.5 cm³/mol. The first kappa shape index (κ1) is 14.1. The normalized spacial score (nSPS) is 10.2. The second-order valence-corrected chi connectivity index (χ2v) is 5.07. The molecule has 0 aliphatic carbocycles. The summed E-state index contributed by atoms with van der Waals surface area (Å²) in [5.74, 6) is 0. The standard InChI is InChI=1S/C17H10ClN3O/c18-12-5-3-4-11(8-12)13-9-16(15-6-1-2-7-20-15)21-17(22)14(13)10-19/h1-9H,(H,21,22). The third kappa shape index (κ3) is 2.62. The molecule has 0 saturated carbocycles. The Morgan fingerprint density at radius 2 is 2.00 bits per heavy atom. The lowest BCUT2D eigenvalue weighted by atomic mass is 10.0. The van der Waals surface area contributed by atoms with Gasteiger partial charge in [0, 0.05) is 16.8 Å². The van der Waals surface area contributed by atoms with Crippen LogP contribution in [0.4, 0.5) is 0 Å². The Hall–Kier alpha value is -2.90. The molecule has 5 heteroatoms. The van der Waals surface area contributed by atoms with Crippen LogP contribution in [0, 0.1) is 11.3 Å². The van der Waals surface area contributed by atoms with Gasteiger partial charge < -0.3 is 4.98 Å². The number of aromatic nitrogens is 2. The highest BCUT2D eigenvalue weighted by Crippen LogP contribution is 2.27. The number of H-pyrrole nitrogens is 1. The molecule has 2 aromatic heterocycles. The number of hydrogen-bond donors (Lipinski definition) is 1. The zero-order chi connectivity index (χ0) is 15.5. The molecule has 0 aliphatic rings. The lowest BCUT2D eigenvalue weighted by molar-refractivity contribution is 1.19. The summed E-state index contributed by atoms with van der Waals surface area (Å²) in [7, 11) is 0. The molecule has 3 aromatic rings. The zero-order valence-electron chi connectivity index (χ0n) is 11.4. The second kappa shape index (κ2) is 5.84. The average molecular weight is 308 g/mol. The van der Waals surface area contributed by atoms with Crippen molar-refractivity contribution in [3.05, 3.63) is 75.7 Å². The van der Waals surface area contributed by atoms with Gasteiger partial charge in [-0.1, -0.05) is 29.8 Å². The lowest BCUT2D eigenvalue weighted by Crippen LogP contribution is -2.13. The fourth-order valence-electron chi connectivity index (χ4n) is 2.21. The van der Waals surface area contributed by atoms with E-state index in [-0.39, 0.29) is 5.56 Å². The predicted octanol–water partition coefficient (Wildman–Crippen LogP) is 3.63. The molecule has 0 radical (unpaired) electrons. The number of nitrogens with zero attached hydrogens (tertiary/aromatic N) is 2. The number of hydrogen-bond acceptors (Lipinski definition) is 3. The molecule has 0 saturated heterocycles. The molecule has 0 fully saturated rings. The van der Waals surface area contributed by atoms with E-state index in [1.165, 1.54) is 0 Å². The van der Waals surface area contributed by atoms with E-state index >= 15 is 0 Å². The van der Waals surface area contributed by atoms with Gasteiger partial charge in [-0.2, -0.15) is 5.26 Å². The highest BCUT2D eigenvalue weighted by Gasteiger charge is 2.13. The van der Waals surface area contributed by atoms with Gasteiger partial charge in [-0.3, -0.25) is 9.78 Å². The van der Waals surface area contributed by atoms with Gasteiger partial charge in [0.2, 0.25) is 0 Å². The molecule has 0 bridgehead atoms. The smallest absolute Gasteiger partial charge is 0.267 e. The van der Waals surface area contributed by atoms with Gasteiger partial charge in [-0.05, 0) is 35.9 Å². The Kier molecular flexibility index (Phi) is 3.73. The van der Waals surface area contributed by atoms with E-state index in [0.29, 0.717) is 27.5 Å². The van der Waals surface area contributed by atoms with Crippen LogP contribution >= 0.6 is 11.6 Å². The van der Waals surface area contributed by atoms with Crippen LogP contribution in [0.1, 0.15) is 5.56 Å². The van der Waals surface area contributed by atoms with Gasteiger partial charge in [0.1, 0.15) is 11.6 Å². The first-order chi connectivity index (χ1) is 10.7. The SMILES string of the molecule is N#Cc1c(-c2cccc(Cl)c2)cc(-c2ccccn2)[nH]c1=O. The van der Waals surface area contributed by atoms with Gasteiger partial charge in [-0.15, -0.1) is 0 Å². The van der Waals surface area contributed by atoms with Gasteiger partial charge in [-0.25, -0.2) is 0 Å². The van der Waals surface area contributed by atoms with E-state index in [1.807, 2.05) is 18.2 Å². The quantitative estimate of drug-likeness (QED) is 0.786. The van der Waals surface area contributed by atoms with Crippen LogP contribution in [0.25, 0.3) is 22.5 Å². The maximum atomic E-state index is 12.2. The summed E-state index contributed by atoms with van der Waals surface area (Å²) in [6, 6.07) is 16.2. The maximum Gasteiger partial charge on any atom is 0.267 e. The summed E-state index contributed by atoms with van der Waals surface area (Å²) in [5, 5.41) is 9.82. The fraction of sp³-hybridized carbons (Fsp3) is 0. The van der Waals surface area contributed by atoms with Crippen molar-refractivity contribution < 1.29 is 0 Å². The summed E-state index contributed by atoms with van der Waals surface area (Å²) >= 11 is 6.01. The van der Waals surface area contributed by atoms with Crippen molar-refractivity contribution in [1.82, 2.24) is 9.97 Å². The molecule has 2 heterocycles. The summed E-state index contributed by atoms with van der Waals surface area (Å²) in [6.07, 6.45) is 1.64. The minimum Gasteiger partial charge on any atom is -0.319 e. The molecule has 0 atom stereocenters. The molecule has 1 aromatic carbocycles. The van der Waals surface area contributed by atoms with Gasteiger partial charge in [0.05, 0.1) is 11.4 Å². The summed E-state index contributed by atoms with van der Waals surface area (Å²) in [6.45, 7) is 0. The second-order valence-electron chi connectivity index (χ2n) is 4.64. The van der Waals surface area contributed by atoms with Crippen LogP contribution in [0.3, 0.4) is 0 Å². The Morgan fingerprint density at radius 1 is 1.14 bits per heavy atom. The highest BCUT2D eigenvalue weighted by atomic mass is 35.5. The minimum atomic E-state index is -0.444. The first-order valence-electron chi connectivity index (χ1n) is 6.54. The average Bonchev–Trinajstić information content (AvgIpc) is 2.55. The van der Waals surface area contributed by atoms with Crippen LogP contribution in [0.2, 0.25) is 5.02 Å². The highest BCUT2D eigenvalue weighted by molar-refractivity contribution is 6.30. The van der Waals surface area contributed by atoms with Crippen LogP contribution in [-0.2, 0) is 0 Å². The number of nitriles is 1. The maximum absolute atomic E-state index is 12.2. The number of pyridine rings is 2. The topological polar surface area (TPSA) is 69.5 Å². The van der Waals surface area contributed by atoms with Crippen LogP contribution in [0.5, 0.6) is 0 Å². The van der Waals surface area contributed by atoms with Crippen molar-refractivity contribution in [2.75, 3.05) is 0 Å². The molecular weight excluding hydrogens is 298 g/mol. The zero-order valence-corrected chi connectivity index (χ0v) is 12.1. The number of benzene rings is 1. The number of nitrogens with one attached hydrogen (secondary N) is 1. The summed E-state index contributed by atoms with van der Waals surface area (Å²) in [4.78, 5) is 19.1. The fourth-order valence-corrected chi connectivity index (χ4v) is 2.40. The van der Waals surface area contributed by atoms with Crippen molar-refractivity contribution in [1.29, 1.82) is 5.26 Å². The van der Waals surface area contributed by atoms with Crippen molar-refractivity contribution in [2.24, 2.45) is 0 Å². The molecule has 106 valence electrons. The molecule has 0 spiro atoms. The van der Waals surface area contributed by atoms with Crippen LogP contribution in [0.15, 0.2) is 59.5 Å². The third-order valence-electron chi connectivity index (χ3n) is 3.22. The van der Waals surface area contributed by atoms with E-state index in [1.54, 1.807) is 42.6 Å². The third-order valence-corrected chi connectivity index (χ3v) is 3.46. The summed E-state index contributed by atoms with van der Waals surface area (Å²) in [5.41, 5.74) is 2.05. The van der Waals surface area contributed by atoms with E-state index in [2.05, 4.69) is 9.97 Å². The Labute approximate surface area is 131 Å². The Balaban J connectivity index is 2.27. The van der Waals surface area contributed by atoms with Crippen LogP contribution < -0.4 is 5.56 Å². The monoisotopic (exact) mass is 307 g/mol. The number of halogens is 1. The lowest BCUT2D eigenvalue weighted by Gasteiger charge is -2.07. The van der Waals surface area contributed by atoms with Crippen molar-refractivity contribution in [3.63, 3.8) is 0 Å². The van der Waals surface area contributed by atoms with Gasteiger partial charge in [0.25, 0.3) is 5.56 Å². The molecule has 4 nitrogen and oxygen atoms in total. The Morgan fingerprint density at radius 3 is 2.68 bits per heavy atom. The van der Waals surface area contributed by atoms with E-state index < -0.39 is 5.56 Å². The molecule has 22 heavy (non-hydrogen) atoms. The Bertz CT molecular complexity index is 927.